The molecule has 3 rings (SSSR count). The van der Waals surface area contributed by atoms with E-state index in [1.807, 2.05) is 6.92 Å². The summed E-state index contributed by atoms with van der Waals surface area (Å²) < 4.78 is 29.7. The van der Waals surface area contributed by atoms with Crippen LogP contribution >= 0.6 is 0 Å². The molecule has 8 nitrogen and oxygen atoms in total. The van der Waals surface area contributed by atoms with Crippen molar-refractivity contribution in [2.24, 2.45) is 0 Å². The normalized spacial score (nSPS) is 24.2. The zero-order valence-electron chi connectivity index (χ0n) is 14.7. The van der Waals surface area contributed by atoms with E-state index in [-0.39, 0.29) is 36.2 Å². The van der Waals surface area contributed by atoms with Crippen LogP contribution in [0.15, 0.2) is 24.4 Å². The molecule has 0 unspecified atom stereocenters. The zero-order chi connectivity index (χ0) is 18.7. The first-order valence-corrected chi connectivity index (χ1v) is 10.6. The Morgan fingerprint density at radius 1 is 1.19 bits per heavy atom. The fraction of sp³-hybridized carbons (Fsp3) is 0.588. The molecule has 0 spiro atoms. The molecule has 3 heterocycles. The number of unbranched alkanes of at least 4 members (excludes halogenated alkanes) is 1. The molecule has 0 bridgehead atoms. The average Bonchev–Trinajstić information content (AvgIpc) is 2.96. The van der Waals surface area contributed by atoms with Crippen molar-refractivity contribution in [3.05, 3.63) is 30.1 Å². The minimum absolute atomic E-state index is 0.144. The Hall–Kier alpha value is -2.16. The van der Waals surface area contributed by atoms with Crippen LogP contribution in [0.1, 0.15) is 30.3 Å². The first-order valence-electron chi connectivity index (χ1n) is 8.79. The van der Waals surface area contributed by atoms with E-state index in [0.717, 1.165) is 12.8 Å². The van der Waals surface area contributed by atoms with Crippen LogP contribution in [0.5, 0.6) is 0 Å². The second-order valence-electron chi connectivity index (χ2n) is 6.59. The SMILES string of the molecule is CCCCOC(=O)N1CCN(C(=O)c2ccccn2)[C@@H]2CS(=O)(=O)C[C@@H]21. The van der Waals surface area contributed by atoms with Crippen LogP contribution in [0, 0.1) is 0 Å². The molecule has 142 valence electrons. The molecule has 2 fully saturated rings. The van der Waals surface area contributed by atoms with E-state index < -0.39 is 28.0 Å². The number of piperazine rings is 1. The van der Waals surface area contributed by atoms with E-state index in [4.69, 9.17) is 4.74 Å². The highest BCUT2D eigenvalue weighted by Gasteiger charge is 2.50. The van der Waals surface area contributed by atoms with Gasteiger partial charge in [-0.1, -0.05) is 19.4 Å². The Kier molecular flexibility index (Phi) is 5.45. The van der Waals surface area contributed by atoms with Gasteiger partial charge in [0.15, 0.2) is 9.84 Å². The number of aromatic nitrogens is 1. The second-order valence-corrected chi connectivity index (χ2v) is 8.74. The third kappa shape index (κ3) is 3.82. The van der Waals surface area contributed by atoms with Gasteiger partial charge in [0, 0.05) is 19.3 Å². The van der Waals surface area contributed by atoms with Crippen molar-refractivity contribution in [1.82, 2.24) is 14.8 Å². The lowest BCUT2D eigenvalue weighted by Gasteiger charge is -2.43. The Balaban J connectivity index is 1.79. The largest absolute Gasteiger partial charge is 0.449 e. The number of hydrogen-bond acceptors (Lipinski definition) is 6. The summed E-state index contributed by atoms with van der Waals surface area (Å²) in [5.74, 6) is -0.599. The minimum atomic E-state index is -3.33. The number of pyridine rings is 1. The number of carbonyl (C=O) groups is 2. The Morgan fingerprint density at radius 3 is 2.54 bits per heavy atom. The van der Waals surface area contributed by atoms with E-state index in [1.54, 1.807) is 18.2 Å². The Labute approximate surface area is 153 Å². The highest BCUT2D eigenvalue weighted by Crippen LogP contribution is 2.28. The molecule has 2 aliphatic rings. The predicted octanol–water partition coefficient (Wildman–Crippen LogP) is 0.942. The summed E-state index contributed by atoms with van der Waals surface area (Å²) in [6.45, 7) is 2.82. The van der Waals surface area contributed by atoms with Crippen molar-refractivity contribution in [2.75, 3.05) is 31.2 Å². The van der Waals surface area contributed by atoms with Gasteiger partial charge in [0.2, 0.25) is 0 Å². The number of carbonyl (C=O) groups excluding carboxylic acids is 2. The van der Waals surface area contributed by atoms with E-state index in [2.05, 4.69) is 4.98 Å². The molecule has 26 heavy (non-hydrogen) atoms. The molecule has 9 heteroatoms. The van der Waals surface area contributed by atoms with Crippen LogP contribution in [0.3, 0.4) is 0 Å². The second kappa shape index (κ2) is 7.61. The number of hydrogen-bond donors (Lipinski definition) is 0. The summed E-state index contributed by atoms with van der Waals surface area (Å²) in [5.41, 5.74) is 0.273. The minimum Gasteiger partial charge on any atom is -0.449 e. The number of nitrogens with zero attached hydrogens (tertiary/aromatic N) is 3. The third-order valence-electron chi connectivity index (χ3n) is 4.78. The summed E-state index contributed by atoms with van der Waals surface area (Å²) in [6, 6.07) is 3.89. The molecule has 0 saturated carbocycles. The topological polar surface area (TPSA) is 96.9 Å². The Bertz CT molecular complexity index is 768. The molecule has 2 saturated heterocycles. The van der Waals surface area contributed by atoms with Crippen molar-refractivity contribution in [2.45, 2.75) is 31.8 Å². The lowest BCUT2D eigenvalue weighted by molar-refractivity contribution is 0.0247. The first-order chi connectivity index (χ1) is 12.4. The molecule has 0 aromatic carbocycles. The molecule has 0 radical (unpaired) electrons. The number of ether oxygens (including phenoxy) is 1. The molecule has 2 amide bonds. The monoisotopic (exact) mass is 381 g/mol. The van der Waals surface area contributed by atoms with Crippen molar-refractivity contribution in [3.8, 4) is 0 Å². The molecule has 2 aliphatic heterocycles. The maximum atomic E-state index is 12.8. The van der Waals surface area contributed by atoms with Gasteiger partial charge in [-0.25, -0.2) is 13.2 Å². The Morgan fingerprint density at radius 2 is 1.88 bits per heavy atom. The average molecular weight is 381 g/mol. The summed E-state index contributed by atoms with van der Waals surface area (Å²) >= 11 is 0. The summed E-state index contributed by atoms with van der Waals surface area (Å²) in [4.78, 5) is 32.2. The van der Waals surface area contributed by atoms with E-state index in [0.29, 0.717) is 6.61 Å². The molecule has 0 aliphatic carbocycles. The van der Waals surface area contributed by atoms with Crippen LogP contribution in [-0.4, -0.2) is 78.5 Å². The summed E-state index contributed by atoms with van der Waals surface area (Å²) in [7, 11) is -3.33. The van der Waals surface area contributed by atoms with Crippen molar-refractivity contribution in [1.29, 1.82) is 0 Å². The van der Waals surface area contributed by atoms with Crippen molar-refractivity contribution in [3.63, 3.8) is 0 Å². The third-order valence-corrected chi connectivity index (χ3v) is 6.48. The number of fused-ring (bicyclic) bond motifs is 1. The van der Waals surface area contributed by atoms with E-state index in [9.17, 15) is 18.0 Å². The van der Waals surface area contributed by atoms with Crippen LogP contribution in [0.25, 0.3) is 0 Å². The number of rotatable bonds is 4. The number of amides is 2. The molecule has 1 aromatic heterocycles. The van der Waals surface area contributed by atoms with Crippen LogP contribution in [0.4, 0.5) is 4.79 Å². The van der Waals surface area contributed by atoms with Gasteiger partial charge in [-0.2, -0.15) is 0 Å². The van der Waals surface area contributed by atoms with Gasteiger partial charge in [0.05, 0.1) is 30.2 Å². The zero-order valence-corrected chi connectivity index (χ0v) is 15.5. The van der Waals surface area contributed by atoms with Gasteiger partial charge < -0.3 is 14.5 Å². The highest BCUT2D eigenvalue weighted by atomic mass is 32.2. The van der Waals surface area contributed by atoms with E-state index >= 15 is 0 Å². The molecule has 1 aromatic rings. The fourth-order valence-corrected chi connectivity index (χ4v) is 5.44. The molecule has 2 atom stereocenters. The van der Waals surface area contributed by atoms with Crippen LogP contribution in [-0.2, 0) is 14.6 Å². The smallest absolute Gasteiger partial charge is 0.410 e. The van der Waals surface area contributed by atoms with Gasteiger partial charge in [-0.05, 0) is 18.6 Å². The molecular weight excluding hydrogens is 358 g/mol. The summed E-state index contributed by atoms with van der Waals surface area (Å²) in [6.07, 6.45) is 2.68. The van der Waals surface area contributed by atoms with Crippen molar-refractivity contribution >= 4 is 21.8 Å². The maximum absolute atomic E-state index is 12.8. The number of sulfone groups is 1. The van der Waals surface area contributed by atoms with Gasteiger partial charge in [-0.15, -0.1) is 0 Å². The van der Waals surface area contributed by atoms with Crippen molar-refractivity contribution < 1.29 is 22.7 Å². The predicted molar refractivity (Wildman–Crippen MR) is 94.5 cm³/mol. The lowest BCUT2D eigenvalue weighted by Crippen LogP contribution is -2.62. The lowest BCUT2D eigenvalue weighted by atomic mass is 10.0. The summed E-state index contributed by atoms with van der Waals surface area (Å²) in [5, 5.41) is 0. The first kappa shape index (κ1) is 18.6. The van der Waals surface area contributed by atoms with Crippen LogP contribution in [0.2, 0.25) is 0 Å². The maximum Gasteiger partial charge on any atom is 0.410 e. The fourth-order valence-electron chi connectivity index (χ4n) is 3.45. The molecular formula is C17H23N3O5S. The standard InChI is InChI=1S/C17H23N3O5S/c1-2-3-10-25-17(22)20-9-8-19(14-11-26(23,24)12-15(14)20)16(21)13-6-4-5-7-18-13/h4-7,14-15H,2-3,8-12H2,1H3/t14-,15+/m1/s1. The van der Waals surface area contributed by atoms with Gasteiger partial charge in [-0.3, -0.25) is 9.78 Å². The van der Waals surface area contributed by atoms with Gasteiger partial charge >= 0.3 is 6.09 Å². The van der Waals surface area contributed by atoms with Crippen LogP contribution < -0.4 is 0 Å². The quantitative estimate of drug-likeness (QED) is 0.720. The van der Waals surface area contributed by atoms with Gasteiger partial charge in [0.25, 0.3) is 5.91 Å². The highest BCUT2D eigenvalue weighted by molar-refractivity contribution is 7.91. The molecule has 0 N–H and O–H groups in total. The van der Waals surface area contributed by atoms with Gasteiger partial charge in [0.1, 0.15) is 5.69 Å². The van der Waals surface area contributed by atoms with E-state index in [1.165, 1.54) is 16.0 Å².